The number of carbonyl (C=O) groups excluding carboxylic acids is 3. The summed E-state index contributed by atoms with van der Waals surface area (Å²) < 4.78 is 54.7. The number of rotatable bonds is 16. The first kappa shape index (κ1) is 64.9. The first-order chi connectivity index (χ1) is 34.5. The Morgan fingerprint density at radius 3 is 1.96 bits per heavy atom. The molecule has 0 saturated carbocycles. The average Bonchev–Trinajstić information content (AvgIpc) is 3.33. The van der Waals surface area contributed by atoms with Gasteiger partial charge in [-0.05, 0) is 73.5 Å². The van der Waals surface area contributed by atoms with E-state index in [-0.39, 0.29) is 31.7 Å². The highest BCUT2D eigenvalue weighted by molar-refractivity contribution is 5.91. The second-order valence-electron chi connectivity index (χ2n) is 20.3. The molecule has 9 N–H and O–H groups in total. The van der Waals surface area contributed by atoms with Crippen molar-refractivity contribution in [2.24, 2.45) is 23.7 Å². The van der Waals surface area contributed by atoms with Gasteiger partial charge < -0.3 is 98.3 Å². The van der Waals surface area contributed by atoms with E-state index in [9.17, 15) is 49.5 Å². The Balaban J connectivity index is 0.00000130. The first-order valence-electron chi connectivity index (χ1n) is 25.0. The van der Waals surface area contributed by atoms with Gasteiger partial charge in [-0.2, -0.15) is 0 Å². The fraction of sp³-hybridized carbons (Fsp3) is 0.820. The number of hydrogen-bond donors (Lipinski definition) is 9. The van der Waals surface area contributed by atoms with Gasteiger partial charge in [0.1, 0.15) is 49.0 Å². The van der Waals surface area contributed by atoms with Gasteiger partial charge in [0.05, 0.1) is 55.2 Å². The summed E-state index contributed by atoms with van der Waals surface area (Å²) in [6, 6.07) is -0.748. The Labute approximate surface area is 432 Å². The number of carboxylic acids is 2. The molecule has 0 spiro atoms. The number of ether oxygens (including phenoxy) is 9. The van der Waals surface area contributed by atoms with Crippen LogP contribution in [-0.2, 0) is 66.6 Å². The zero-order chi connectivity index (χ0) is 56.1. The number of methoxy groups -OCH3 is 2. The summed E-state index contributed by atoms with van der Waals surface area (Å²) in [5, 5.41) is 88.3. The second-order valence-corrected chi connectivity index (χ2v) is 20.3. The van der Waals surface area contributed by atoms with E-state index in [0.717, 1.165) is 6.29 Å². The van der Waals surface area contributed by atoms with E-state index in [1.165, 1.54) is 27.2 Å². The number of aldehydes is 1. The monoisotopic (exact) mass is 1070 g/mol. The molecule has 0 amide bonds. The molecule has 0 unspecified atom stereocenters. The van der Waals surface area contributed by atoms with Crippen LogP contribution in [0.3, 0.4) is 0 Å². The van der Waals surface area contributed by atoms with Crippen molar-refractivity contribution in [3.05, 3.63) is 23.8 Å². The van der Waals surface area contributed by atoms with Crippen LogP contribution in [0.15, 0.2) is 23.8 Å². The number of aliphatic hydroxyl groups is 7. The van der Waals surface area contributed by atoms with Crippen LogP contribution in [0.4, 0.5) is 0 Å². The number of carbonyl (C=O) groups is 5. The SMILES string of the molecule is CC[C@H]1OC(=O)C[C@@H](O)[C@H](C)[C@@H](O[C@H]2O[C@H](C)[C@@H](O[C@H]3C[C@@](C)(O)[C@@H](O)[C@H](C)O3)[C@H](N(C)C)[C@H]2O)[C@@H](CC=O)C[C@@H](C)C(=O)/C=C/C(C)=C/[C@@H]1CO[C@@H]1O[C@H](C)[C@@H](O)[C@@H](OC)[C@H]1OC.O=C(O)[C@H](O)[C@@H](O)C(=O)O. The Bertz CT molecular complexity index is 1850. The zero-order valence-electron chi connectivity index (χ0n) is 44.4. The molecule has 0 aliphatic carbocycles. The molecule has 4 rings (SSSR count). The molecule has 23 atom stereocenters. The molecule has 4 aliphatic rings. The maximum absolute atomic E-state index is 13.8. The Hall–Kier alpha value is -3.41. The number of carboxylic acid groups (broad SMARTS) is 2. The third kappa shape index (κ3) is 17.3. The fourth-order valence-corrected chi connectivity index (χ4v) is 9.78. The van der Waals surface area contributed by atoms with Gasteiger partial charge in [-0.15, -0.1) is 0 Å². The van der Waals surface area contributed by atoms with Gasteiger partial charge in [0, 0.05) is 44.8 Å². The Morgan fingerprint density at radius 1 is 0.838 bits per heavy atom. The second kappa shape index (κ2) is 29.4. The Kier molecular flexibility index (Phi) is 25.7. The predicted octanol–water partition coefficient (Wildman–Crippen LogP) is -0.289. The molecule has 426 valence electrons. The third-order valence-corrected chi connectivity index (χ3v) is 14.2. The lowest BCUT2D eigenvalue weighted by atomic mass is 9.79. The van der Waals surface area contributed by atoms with Crippen molar-refractivity contribution in [1.29, 1.82) is 0 Å². The van der Waals surface area contributed by atoms with Crippen molar-refractivity contribution in [1.82, 2.24) is 4.90 Å². The molecule has 74 heavy (non-hydrogen) atoms. The van der Waals surface area contributed by atoms with Crippen molar-refractivity contribution < 1.29 is 113 Å². The normalized spacial score (nSPS) is 41.9. The van der Waals surface area contributed by atoms with Crippen LogP contribution >= 0.6 is 0 Å². The van der Waals surface area contributed by atoms with Crippen LogP contribution in [-0.4, -0.2) is 232 Å². The number of ketones is 1. The van der Waals surface area contributed by atoms with Crippen molar-refractivity contribution >= 4 is 30.0 Å². The quantitative estimate of drug-likeness (QED) is 0.0708. The van der Waals surface area contributed by atoms with Crippen molar-refractivity contribution in [2.75, 3.05) is 34.9 Å². The molecular formula is C50H83NO23. The summed E-state index contributed by atoms with van der Waals surface area (Å²) in [7, 11) is 6.43. The standard InChI is InChI=1S/C46H77NO17.C4H6O6/c1-13-33-30(22-58-45-42(57-12)41(56-11)37(52)26(5)60-45)18-23(2)14-15-31(49)24(3)19-29(16-17-48)39(25(4)32(50)20-34(51)62-33)64-44-38(53)36(47(9)10)40(27(6)61-44)63-35-21-46(8,55)43(54)28(7)59-35;5-1(3(7)8)2(6)4(9)10/h14-15,17-18,24-30,32-33,35-45,50,52-55H,13,16,19-22H2,1-12H3;1-2,5-6H,(H,7,8)(H,9,10)/b15-14+,23-18+;/t24-,25+,26-,27-,28+,29+,30-,32-,33-,35+,36-,37-,38-,39-,40-,41-,42-,43+,44-,45-,46-;1-,2-/m11/s1. The number of nitrogens with zero attached hydrogens (tertiary/aromatic N) is 1. The van der Waals surface area contributed by atoms with Gasteiger partial charge in [-0.1, -0.05) is 38.5 Å². The van der Waals surface area contributed by atoms with Crippen LogP contribution in [0.1, 0.15) is 87.5 Å². The topological polar surface area (TPSA) is 354 Å². The van der Waals surface area contributed by atoms with E-state index in [1.807, 2.05) is 19.9 Å². The minimum Gasteiger partial charge on any atom is -0.479 e. The number of esters is 1. The van der Waals surface area contributed by atoms with E-state index in [2.05, 4.69) is 0 Å². The number of aliphatic hydroxyl groups excluding tert-OH is 6. The van der Waals surface area contributed by atoms with E-state index in [4.69, 9.17) is 63.1 Å². The minimum absolute atomic E-state index is 0.00788. The van der Waals surface area contributed by atoms with Gasteiger partial charge in [-0.25, -0.2) is 9.59 Å². The smallest absolute Gasteiger partial charge is 0.335 e. The van der Waals surface area contributed by atoms with E-state index >= 15 is 0 Å². The largest absolute Gasteiger partial charge is 0.479 e. The van der Waals surface area contributed by atoms with Crippen LogP contribution in [0.2, 0.25) is 0 Å². The molecule has 24 nitrogen and oxygen atoms in total. The lowest BCUT2D eigenvalue weighted by molar-refractivity contribution is -0.341. The molecule has 4 aliphatic heterocycles. The number of likely N-dealkylation sites (N-methyl/N-ethyl adjacent to an activating group) is 1. The highest BCUT2D eigenvalue weighted by atomic mass is 16.7. The Morgan fingerprint density at radius 2 is 1.43 bits per heavy atom. The molecular weight excluding hydrogens is 983 g/mol. The summed E-state index contributed by atoms with van der Waals surface area (Å²) in [4.78, 5) is 61.1. The maximum atomic E-state index is 13.8. The first-order valence-corrected chi connectivity index (χ1v) is 25.0. The predicted molar refractivity (Wildman–Crippen MR) is 258 cm³/mol. The molecule has 0 aromatic rings. The maximum Gasteiger partial charge on any atom is 0.335 e. The van der Waals surface area contributed by atoms with Crippen LogP contribution in [0, 0.1) is 23.7 Å². The van der Waals surface area contributed by atoms with Crippen LogP contribution < -0.4 is 0 Å². The summed E-state index contributed by atoms with van der Waals surface area (Å²) in [5.41, 5.74) is -0.806. The minimum atomic E-state index is -2.27. The lowest BCUT2D eigenvalue weighted by Gasteiger charge is -2.50. The number of aliphatic carboxylic acids is 2. The number of hydrogen-bond acceptors (Lipinski definition) is 22. The summed E-state index contributed by atoms with van der Waals surface area (Å²) in [6.45, 7) is 13.6. The van der Waals surface area contributed by atoms with Gasteiger partial charge in [0.2, 0.25) is 0 Å². The molecule has 0 aromatic carbocycles. The van der Waals surface area contributed by atoms with E-state index in [1.54, 1.807) is 59.7 Å². The highest BCUT2D eigenvalue weighted by Crippen LogP contribution is 2.37. The summed E-state index contributed by atoms with van der Waals surface area (Å²) >= 11 is 0. The van der Waals surface area contributed by atoms with E-state index in [0.29, 0.717) is 12.0 Å². The highest BCUT2D eigenvalue weighted by Gasteiger charge is 2.52. The number of cyclic esters (lactones) is 1. The molecule has 0 aromatic heterocycles. The fourth-order valence-electron chi connectivity index (χ4n) is 9.78. The molecule has 4 heterocycles. The van der Waals surface area contributed by atoms with E-state index < -0.39 is 164 Å². The van der Waals surface area contributed by atoms with Crippen molar-refractivity contribution in [3.8, 4) is 0 Å². The third-order valence-electron chi connectivity index (χ3n) is 14.2. The molecule has 0 radical (unpaired) electrons. The van der Waals surface area contributed by atoms with Gasteiger partial charge in [0.15, 0.2) is 36.9 Å². The van der Waals surface area contributed by atoms with Crippen molar-refractivity contribution in [3.63, 3.8) is 0 Å². The molecule has 3 fully saturated rings. The lowest BCUT2D eigenvalue weighted by Crippen LogP contribution is -2.65. The van der Waals surface area contributed by atoms with Gasteiger partial charge >= 0.3 is 17.9 Å². The summed E-state index contributed by atoms with van der Waals surface area (Å²) in [5.74, 6) is -7.13. The van der Waals surface area contributed by atoms with Crippen molar-refractivity contribution in [2.45, 2.75) is 203 Å². The van der Waals surface area contributed by atoms with Gasteiger partial charge in [0.25, 0.3) is 0 Å². The van der Waals surface area contributed by atoms with Crippen LogP contribution in [0.5, 0.6) is 0 Å². The summed E-state index contributed by atoms with van der Waals surface area (Å²) in [6.07, 6.45) is -13.0. The zero-order valence-corrected chi connectivity index (χ0v) is 44.4. The average molecular weight is 1070 g/mol. The van der Waals surface area contributed by atoms with Gasteiger partial charge in [-0.3, -0.25) is 9.59 Å². The molecule has 3 saturated heterocycles. The number of allylic oxidation sites excluding steroid dienone is 3. The van der Waals surface area contributed by atoms with Crippen LogP contribution in [0.25, 0.3) is 0 Å². The molecule has 24 heteroatoms. The molecule has 0 bridgehead atoms.